The van der Waals surface area contributed by atoms with Gasteiger partial charge in [-0.15, -0.1) is 0 Å². The molecule has 0 fully saturated rings. The predicted octanol–water partition coefficient (Wildman–Crippen LogP) is 4.56. The minimum Gasteiger partial charge on any atom is -0.398 e. The second kappa shape index (κ2) is 8.67. The summed E-state index contributed by atoms with van der Waals surface area (Å²) in [6, 6.07) is 4.93. The van der Waals surface area contributed by atoms with Crippen LogP contribution in [0.5, 0.6) is 0 Å². The van der Waals surface area contributed by atoms with Crippen LogP contribution in [0, 0.1) is 0 Å². The molecule has 0 amide bonds. The summed E-state index contributed by atoms with van der Waals surface area (Å²) >= 11 is 3.28. The Labute approximate surface area is 131 Å². The van der Waals surface area contributed by atoms with E-state index in [1.165, 1.54) is 25.7 Å². The van der Waals surface area contributed by atoms with Crippen molar-refractivity contribution in [3.05, 3.63) is 22.7 Å². The van der Waals surface area contributed by atoms with Crippen LogP contribution >= 0.6 is 15.9 Å². The van der Waals surface area contributed by atoms with E-state index in [9.17, 15) is 8.42 Å². The Kier molecular flexibility index (Phi) is 7.59. The zero-order chi connectivity index (χ0) is 15.0. The second-order valence-corrected chi connectivity index (χ2v) is 8.12. The van der Waals surface area contributed by atoms with E-state index in [4.69, 9.17) is 5.73 Å². The highest BCUT2D eigenvalue weighted by atomic mass is 79.9. The zero-order valence-electron chi connectivity index (χ0n) is 12.1. The quantitative estimate of drug-likeness (QED) is 0.518. The third-order valence-electron chi connectivity index (χ3n) is 3.32. The van der Waals surface area contributed by atoms with Crippen molar-refractivity contribution in [1.82, 2.24) is 0 Å². The maximum atomic E-state index is 12.2. The first-order valence-corrected chi connectivity index (χ1v) is 9.69. The van der Waals surface area contributed by atoms with Crippen molar-refractivity contribution in [1.29, 1.82) is 0 Å². The van der Waals surface area contributed by atoms with Gasteiger partial charge in [-0.25, -0.2) is 8.42 Å². The molecule has 20 heavy (non-hydrogen) atoms. The van der Waals surface area contributed by atoms with Gasteiger partial charge in [-0.3, -0.25) is 0 Å². The minimum absolute atomic E-state index is 0.187. The fraction of sp³-hybridized carbons (Fsp3) is 0.600. The Morgan fingerprint density at radius 1 is 1.05 bits per heavy atom. The van der Waals surface area contributed by atoms with E-state index in [1.807, 2.05) is 0 Å². The lowest BCUT2D eigenvalue weighted by atomic mass is 10.1. The zero-order valence-corrected chi connectivity index (χ0v) is 14.5. The van der Waals surface area contributed by atoms with Gasteiger partial charge in [0, 0.05) is 4.47 Å². The van der Waals surface area contributed by atoms with Gasteiger partial charge in [0.1, 0.15) is 0 Å². The number of nitrogen functional groups attached to an aromatic ring is 1. The van der Waals surface area contributed by atoms with Crippen molar-refractivity contribution in [2.75, 3.05) is 11.5 Å². The molecule has 2 N–H and O–H groups in total. The summed E-state index contributed by atoms with van der Waals surface area (Å²) in [4.78, 5) is 0.256. The van der Waals surface area contributed by atoms with Crippen molar-refractivity contribution in [3.63, 3.8) is 0 Å². The molecule has 0 bridgehead atoms. The third kappa shape index (κ3) is 5.83. The van der Waals surface area contributed by atoms with Crippen LogP contribution in [0.25, 0.3) is 0 Å². The molecule has 1 aromatic rings. The third-order valence-corrected chi connectivity index (χ3v) is 5.68. The molecule has 1 aromatic carbocycles. The predicted molar refractivity (Wildman–Crippen MR) is 88.6 cm³/mol. The van der Waals surface area contributed by atoms with Gasteiger partial charge in [0.2, 0.25) is 0 Å². The van der Waals surface area contributed by atoms with Crippen molar-refractivity contribution < 1.29 is 8.42 Å². The van der Waals surface area contributed by atoms with Crippen molar-refractivity contribution in [3.8, 4) is 0 Å². The van der Waals surface area contributed by atoms with E-state index in [0.29, 0.717) is 12.1 Å². The summed E-state index contributed by atoms with van der Waals surface area (Å²) in [6.07, 6.45) is 7.76. The number of rotatable bonds is 9. The van der Waals surface area contributed by atoms with Gasteiger partial charge in [0.15, 0.2) is 9.84 Å². The molecule has 0 aliphatic heterocycles. The van der Waals surface area contributed by atoms with Gasteiger partial charge in [0.05, 0.1) is 16.3 Å². The van der Waals surface area contributed by atoms with Crippen LogP contribution in [0.3, 0.4) is 0 Å². The minimum atomic E-state index is -3.25. The Balaban J connectivity index is 2.42. The van der Waals surface area contributed by atoms with E-state index in [-0.39, 0.29) is 10.6 Å². The van der Waals surface area contributed by atoms with Gasteiger partial charge < -0.3 is 5.73 Å². The molecule has 0 unspecified atom stereocenters. The smallest absolute Gasteiger partial charge is 0.180 e. The molecule has 114 valence electrons. The first kappa shape index (κ1) is 17.5. The Morgan fingerprint density at radius 2 is 1.65 bits per heavy atom. The standard InChI is InChI=1S/C15H24BrNO2S/c1-2-3-4-5-6-7-8-11-20(18,19)15-10-9-13(16)12-14(15)17/h9-10,12H,2-8,11,17H2,1H3. The van der Waals surface area contributed by atoms with Crippen LogP contribution in [-0.2, 0) is 9.84 Å². The SMILES string of the molecule is CCCCCCCCCS(=O)(=O)c1ccc(Br)cc1N. The number of halogens is 1. The molecular formula is C15H24BrNO2S. The number of benzene rings is 1. The lowest BCUT2D eigenvalue weighted by Crippen LogP contribution is -2.09. The van der Waals surface area contributed by atoms with E-state index in [2.05, 4.69) is 22.9 Å². The molecule has 5 heteroatoms. The molecule has 0 aliphatic rings. The summed E-state index contributed by atoms with van der Waals surface area (Å²) in [5.41, 5.74) is 6.11. The van der Waals surface area contributed by atoms with Gasteiger partial charge in [0.25, 0.3) is 0 Å². The van der Waals surface area contributed by atoms with Crippen LogP contribution in [0.2, 0.25) is 0 Å². The van der Waals surface area contributed by atoms with Gasteiger partial charge in [-0.2, -0.15) is 0 Å². The largest absolute Gasteiger partial charge is 0.398 e. The molecule has 0 heterocycles. The van der Waals surface area contributed by atoms with E-state index in [0.717, 1.165) is 17.3 Å². The second-order valence-electron chi connectivity index (χ2n) is 5.12. The molecule has 0 atom stereocenters. The maximum Gasteiger partial charge on any atom is 0.180 e. The van der Waals surface area contributed by atoms with Gasteiger partial charge >= 0.3 is 0 Å². The normalized spacial score (nSPS) is 11.7. The topological polar surface area (TPSA) is 60.2 Å². The molecule has 0 aliphatic carbocycles. The summed E-state index contributed by atoms with van der Waals surface area (Å²) in [7, 11) is -3.25. The van der Waals surface area contributed by atoms with Crippen molar-refractivity contribution in [2.45, 2.75) is 56.8 Å². The number of anilines is 1. The Morgan fingerprint density at radius 3 is 2.25 bits per heavy atom. The van der Waals surface area contributed by atoms with Gasteiger partial charge in [-0.05, 0) is 24.6 Å². The molecule has 1 rings (SSSR count). The highest BCUT2D eigenvalue weighted by Gasteiger charge is 2.17. The van der Waals surface area contributed by atoms with E-state index < -0.39 is 9.84 Å². The molecule has 0 saturated heterocycles. The number of sulfone groups is 1. The number of hydrogen-bond acceptors (Lipinski definition) is 3. The highest BCUT2D eigenvalue weighted by molar-refractivity contribution is 9.10. The number of nitrogens with two attached hydrogens (primary N) is 1. The lowest BCUT2D eigenvalue weighted by Gasteiger charge is -2.08. The molecule has 0 radical (unpaired) electrons. The fourth-order valence-electron chi connectivity index (χ4n) is 2.16. The summed E-state index contributed by atoms with van der Waals surface area (Å²) in [5, 5.41) is 0. The molecule has 0 aromatic heterocycles. The van der Waals surface area contributed by atoms with Crippen LogP contribution < -0.4 is 5.73 Å². The average molecular weight is 362 g/mol. The first-order chi connectivity index (χ1) is 9.47. The monoisotopic (exact) mass is 361 g/mol. The lowest BCUT2D eigenvalue weighted by molar-refractivity contribution is 0.579. The fourth-order valence-corrected chi connectivity index (χ4v) is 4.04. The molecule has 0 saturated carbocycles. The molecule has 0 spiro atoms. The maximum absolute atomic E-state index is 12.2. The van der Waals surface area contributed by atoms with Crippen molar-refractivity contribution in [2.24, 2.45) is 0 Å². The van der Waals surface area contributed by atoms with Crippen LogP contribution in [0.15, 0.2) is 27.6 Å². The summed E-state index contributed by atoms with van der Waals surface area (Å²) in [6.45, 7) is 2.19. The summed E-state index contributed by atoms with van der Waals surface area (Å²) in [5.74, 6) is 0.187. The number of hydrogen-bond donors (Lipinski definition) is 1. The van der Waals surface area contributed by atoms with Crippen LogP contribution in [0.1, 0.15) is 51.9 Å². The number of unbranched alkanes of at least 4 members (excludes halogenated alkanes) is 6. The first-order valence-electron chi connectivity index (χ1n) is 7.25. The van der Waals surface area contributed by atoms with E-state index >= 15 is 0 Å². The van der Waals surface area contributed by atoms with Crippen LogP contribution in [0.4, 0.5) is 5.69 Å². The van der Waals surface area contributed by atoms with Gasteiger partial charge in [-0.1, -0.05) is 61.4 Å². The van der Waals surface area contributed by atoms with E-state index in [1.54, 1.807) is 18.2 Å². The average Bonchev–Trinajstić information content (AvgIpc) is 2.37. The highest BCUT2D eigenvalue weighted by Crippen LogP contribution is 2.24. The summed E-state index contributed by atoms with van der Waals surface area (Å²) < 4.78 is 25.2. The van der Waals surface area contributed by atoms with Crippen molar-refractivity contribution >= 4 is 31.5 Å². The molecule has 3 nitrogen and oxygen atoms in total. The van der Waals surface area contributed by atoms with Crippen LogP contribution in [-0.4, -0.2) is 14.2 Å². The Bertz CT molecular complexity index is 515. The Hall–Kier alpha value is -0.550. The molecular weight excluding hydrogens is 338 g/mol.